The lowest BCUT2D eigenvalue weighted by atomic mass is 10.2. The SMILES string of the molecule is CCCNC(=O)c1cccn(-c2ccc(NC(C)=O)cc2)c1=O. The number of nitrogens with one attached hydrogen (secondary N) is 2. The molecule has 2 rings (SSSR count). The van der Waals surface area contributed by atoms with Crippen LogP contribution in [0, 0.1) is 0 Å². The Morgan fingerprint density at radius 3 is 2.43 bits per heavy atom. The summed E-state index contributed by atoms with van der Waals surface area (Å²) in [7, 11) is 0. The van der Waals surface area contributed by atoms with Crippen LogP contribution < -0.4 is 16.2 Å². The molecule has 1 aromatic heterocycles. The molecule has 0 saturated heterocycles. The number of carbonyl (C=O) groups excluding carboxylic acids is 2. The van der Waals surface area contributed by atoms with Gasteiger partial charge in [0, 0.05) is 31.0 Å². The van der Waals surface area contributed by atoms with E-state index in [-0.39, 0.29) is 22.9 Å². The van der Waals surface area contributed by atoms with Gasteiger partial charge >= 0.3 is 0 Å². The van der Waals surface area contributed by atoms with Crippen molar-refractivity contribution in [3.8, 4) is 5.69 Å². The van der Waals surface area contributed by atoms with Gasteiger partial charge in [-0.3, -0.25) is 19.0 Å². The van der Waals surface area contributed by atoms with Crippen molar-refractivity contribution in [3.63, 3.8) is 0 Å². The van der Waals surface area contributed by atoms with Crippen molar-refractivity contribution < 1.29 is 9.59 Å². The Hall–Kier alpha value is -2.89. The predicted octanol–water partition coefficient (Wildman–Crippen LogP) is 1.94. The van der Waals surface area contributed by atoms with Gasteiger partial charge in [-0.15, -0.1) is 0 Å². The van der Waals surface area contributed by atoms with Gasteiger partial charge in [0.1, 0.15) is 5.56 Å². The van der Waals surface area contributed by atoms with Crippen molar-refractivity contribution in [2.45, 2.75) is 20.3 Å². The highest BCUT2D eigenvalue weighted by atomic mass is 16.2. The summed E-state index contributed by atoms with van der Waals surface area (Å²) >= 11 is 0. The molecule has 0 saturated carbocycles. The van der Waals surface area contributed by atoms with Crippen molar-refractivity contribution in [1.29, 1.82) is 0 Å². The largest absolute Gasteiger partial charge is 0.352 e. The second-order valence-corrected chi connectivity index (χ2v) is 5.08. The predicted molar refractivity (Wildman–Crippen MR) is 89.0 cm³/mol. The summed E-state index contributed by atoms with van der Waals surface area (Å²) in [5.74, 6) is -0.537. The Labute approximate surface area is 134 Å². The summed E-state index contributed by atoms with van der Waals surface area (Å²) < 4.78 is 1.40. The summed E-state index contributed by atoms with van der Waals surface area (Å²) in [5.41, 5.74) is 0.987. The molecule has 0 unspecified atom stereocenters. The molecule has 1 aromatic carbocycles. The van der Waals surface area contributed by atoms with E-state index in [4.69, 9.17) is 0 Å². The van der Waals surface area contributed by atoms with Crippen LogP contribution in [-0.2, 0) is 4.79 Å². The second kappa shape index (κ2) is 7.40. The van der Waals surface area contributed by atoms with Crippen LogP contribution in [0.5, 0.6) is 0 Å². The lowest BCUT2D eigenvalue weighted by molar-refractivity contribution is -0.114. The number of benzene rings is 1. The summed E-state index contributed by atoms with van der Waals surface area (Å²) in [4.78, 5) is 35.5. The average Bonchev–Trinajstić information content (AvgIpc) is 2.53. The number of aromatic nitrogens is 1. The number of carbonyl (C=O) groups is 2. The Morgan fingerprint density at radius 2 is 1.83 bits per heavy atom. The molecule has 0 aliphatic carbocycles. The van der Waals surface area contributed by atoms with Gasteiger partial charge < -0.3 is 10.6 Å². The maximum Gasteiger partial charge on any atom is 0.267 e. The molecule has 2 aromatic rings. The number of rotatable bonds is 5. The van der Waals surface area contributed by atoms with Crippen molar-refractivity contribution in [1.82, 2.24) is 9.88 Å². The quantitative estimate of drug-likeness (QED) is 0.885. The van der Waals surface area contributed by atoms with E-state index in [1.165, 1.54) is 17.6 Å². The molecule has 23 heavy (non-hydrogen) atoms. The summed E-state index contributed by atoms with van der Waals surface area (Å²) in [5, 5.41) is 5.36. The fraction of sp³-hybridized carbons (Fsp3) is 0.235. The fourth-order valence-electron chi connectivity index (χ4n) is 2.11. The van der Waals surface area contributed by atoms with Crippen LogP contribution in [0.1, 0.15) is 30.6 Å². The molecule has 0 bridgehead atoms. The fourth-order valence-corrected chi connectivity index (χ4v) is 2.11. The molecular weight excluding hydrogens is 294 g/mol. The molecule has 0 atom stereocenters. The highest BCUT2D eigenvalue weighted by Crippen LogP contribution is 2.12. The molecular formula is C17H19N3O3. The van der Waals surface area contributed by atoms with Gasteiger partial charge in [-0.1, -0.05) is 6.92 Å². The third kappa shape index (κ3) is 4.06. The molecule has 1 heterocycles. The zero-order valence-corrected chi connectivity index (χ0v) is 13.1. The maximum atomic E-state index is 12.5. The second-order valence-electron chi connectivity index (χ2n) is 5.08. The van der Waals surface area contributed by atoms with E-state index in [0.29, 0.717) is 17.9 Å². The molecule has 0 spiro atoms. The van der Waals surface area contributed by atoms with Gasteiger partial charge in [0.25, 0.3) is 11.5 Å². The molecule has 6 heteroatoms. The third-order valence-electron chi connectivity index (χ3n) is 3.19. The van der Waals surface area contributed by atoms with Crippen molar-refractivity contribution in [3.05, 3.63) is 58.5 Å². The zero-order chi connectivity index (χ0) is 16.8. The highest BCUT2D eigenvalue weighted by Gasteiger charge is 2.12. The van der Waals surface area contributed by atoms with Crippen LogP contribution in [0.3, 0.4) is 0 Å². The average molecular weight is 313 g/mol. The highest BCUT2D eigenvalue weighted by molar-refractivity contribution is 5.93. The molecule has 0 aliphatic heterocycles. The molecule has 2 amide bonds. The van der Waals surface area contributed by atoms with Crippen molar-refractivity contribution in [2.75, 3.05) is 11.9 Å². The number of nitrogens with zero attached hydrogens (tertiary/aromatic N) is 1. The number of hydrogen-bond acceptors (Lipinski definition) is 3. The Kier molecular flexibility index (Phi) is 5.30. The number of anilines is 1. The van der Waals surface area contributed by atoms with Crippen molar-refractivity contribution in [2.24, 2.45) is 0 Å². The normalized spacial score (nSPS) is 10.2. The summed E-state index contributed by atoms with van der Waals surface area (Å²) in [6.45, 7) is 3.90. The molecule has 2 N–H and O–H groups in total. The lowest BCUT2D eigenvalue weighted by Crippen LogP contribution is -2.32. The minimum Gasteiger partial charge on any atom is -0.352 e. The van der Waals surface area contributed by atoms with Crippen LogP contribution >= 0.6 is 0 Å². The molecule has 0 aliphatic rings. The molecule has 120 valence electrons. The standard InChI is InChI=1S/C17H19N3O3/c1-3-10-18-16(22)15-5-4-11-20(17(15)23)14-8-6-13(7-9-14)19-12(2)21/h4-9,11H,3,10H2,1-2H3,(H,18,22)(H,19,21). The minimum atomic E-state index is -0.381. The van der Waals surface area contributed by atoms with E-state index in [1.54, 1.807) is 36.5 Å². The Balaban J connectivity index is 2.31. The zero-order valence-electron chi connectivity index (χ0n) is 13.1. The van der Waals surface area contributed by atoms with Gasteiger partial charge in [-0.05, 0) is 42.8 Å². The first kappa shape index (κ1) is 16.5. The minimum absolute atomic E-state index is 0.104. The number of amides is 2. The van der Waals surface area contributed by atoms with Gasteiger partial charge in [0.15, 0.2) is 0 Å². The van der Waals surface area contributed by atoms with E-state index in [0.717, 1.165) is 6.42 Å². The van der Waals surface area contributed by atoms with Crippen molar-refractivity contribution >= 4 is 17.5 Å². The first-order valence-corrected chi connectivity index (χ1v) is 7.41. The van der Waals surface area contributed by atoms with E-state index < -0.39 is 0 Å². The van der Waals surface area contributed by atoms with E-state index in [9.17, 15) is 14.4 Å². The summed E-state index contributed by atoms with van der Waals surface area (Å²) in [6.07, 6.45) is 2.41. The van der Waals surface area contributed by atoms with Crippen LogP contribution in [-0.4, -0.2) is 22.9 Å². The first-order chi connectivity index (χ1) is 11.0. The monoisotopic (exact) mass is 313 g/mol. The molecule has 0 fully saturated rings. The summed E-state index contributed by atoms with van der Waals surface area (Å²) in [6, 6.07) is 9.99. The van der Waals surface area contributed by atoms with Crippen LogP contribution in [0.4, 0.5) is 5.69 Å². The van der Waals surface area contributed by atoms with Gasteiger partial charge in [-0.25, -0.2) is 0 Å². The maximum absolute atomic E-state index is 12.5. The smallest absolute Gasteiger partial charge is 0.267 e. The lowest BCUT2D eigenvalue weighted by Gasteiger charge is -2.09. The Bertz CT molecular complexity index is 763. The van der Waals surface area contributed by atoms with Crippen LogP contribution in [0.25, 0.3) is 5.69 Å². The topological polar surface area (TPSA) is 80.2 Å². The van der Waals surface area contributed by atoms with Crippen LogP contribution in [0.15, 0.2) is 47.4 Å². The Morgan fingerprint density at radius 1 is 1.13 bits per heavy atom. The first-order valence-electron chi connectivity index (χ1n) is 7.41. The van der Waals surface area contributed by atoms with E-state index >= 15 is 0 Å². The molecule has 6 nitrogen and oxygen atoms in total. The third-order valence-corrected chi connectivity index (χ3v) is 3.19. The van der Waals surface area contributed by atoms with Gasteiger partial charge in [-0.2, -0.15) is 0 Å². The number of pyridine rings is 1. The molecule has 0 radical (unpaired) electrons. The van der Waals surface area contributed by atoms with Gasteiger partial charge in [0.05, 0.1) is 0 Å². The van der Waals surface area contributed by atoms with E-state index in [2.05, 4.69) is 10.6 Å². The van der Waals surface area contributed by atoms with E-state index in [1.807, 2.05) is 6.92 Å². The van der Waals surface area contributed by atoms with Gasteiger partial charge in [0.2, 0.25) is 5.91 Å². The van der Waals surface area contributed by atoms with Crippen LogP contribution in [0.2, 0.25) is 0 Å². The number of hydrogen-bond donors (Lipinski definition) is 2.